The van der Waals surface area contributed by atoms with E-state index in [0.29, 0.717) is 23.4 Å². The van der Waals surface area contributed by atoms with Crippen LogP contribution in [-0.2, 0) is 0 Å². The number of aromatic nitrogens is 4. The Hall–Kier alpha value is -7.38. The highest BCUT2D eigenvalue weighted by Gasteiger charge is 2.21. The van der Waals surface area contributed by atoms with Crippen LogP contribution in [0.15, 0.2) is 171 Å². The molecule has 0 aliphatic heterocycles. The molecule has 0 atom stereocenters. The minimum atomic E-state index is 0.551. The normalized spacial score (nSPS) is 11.8. The van der Waals surface area contributed by atoms with E-state index >= 15 is 0 Å². The fraction of sp³-hybridized carbons (Fsp3) is 0. The van der Waals surface area contributed by atoms with Gasteiger partial charge >= 0.3 is 0 Å². The molecule has 0 aliphatic rings. The van der Waals surface area contributed by atoms with Crippen molar-refractivity contribution < 1.29 is 13.3 Å². The third kappa shape index (κ3) is 4.82. The lowest BCUT2D eigenvalue weighted by molar-refractivity contribution is 0.620. The summed E-state index contributed by atoms with van der Waals surface area (Å²) in [5, 5.41) is 3.88. The van der Waals surface area contributed by atoms with E-state index in [9.17, 15) is 0 Å². The van der Waals surface area contributed by atoms with Gasteiger partial charge in [0.15, 0.2) is 23.1 Å². The Balaban J connectivity index is 1.10. The van der Waals surface area contributed by atoms with Crippen molar-refractivity contribution in [2.24, 2.45) is 0 Å². The summed E-state index contributed by atoms with van der Waals surface area (Å²) >= 11 is 0. The van der Waals surface area contributed by atoms with Crippen LogP contribution in [0.2, 0.25) is 0 Å². The second kappa shape index (κ2) is 11.6. The molecule has 0 unspecified atom stereocenters. The van der Waals surface area contributed by atoms with E-state index in [-0.39, 0.29) is 0 Å². The van der Waals surface area contributed by atoms with Crippen molar-refractivity contribution in [3.63, 3.8) is 0 Å². The smallest absolute Gasteiger partial charge is 0.227 e. The van der Waals surface area contributed by atoms with E-state index in [4.69, 9.17) is 33.2 Å². The largest absolute Gasteiger partial charge is 0.456 e. The van der Waals surface area contributed by atoms with E-state index in [1.807, 2.05) is 121 Å². The number of para-hydroxylation sites is 3. The van der Waals surface area contributed by atoms with Crippen LogP contribution in [-0.4, -0.2) is 19.9 Å². The maximum atomic E-state index is 6.45. The number of hydrogen-bond acceptors (Lipinski definition) is 7. The number of oxazole rings is 1. The molecule has 7 heteroatoms. The first-order chi connectivity index (χ1) is 26.2. The monoisotopic (exact) mass is 682 g/mol. The van der Waals surface area contributed by atoms with Crippen LogP contribution in [0.25, 0.3) is 112 Å². The maximum absolute atomic E-state index is 6.45. The van der Waals surface area contributed by atoms with Gasteiger partial charge in [0.1, 0.15) is 27.8 Å². The first-order valence-corrected chi connectivity index (χ1v) is 17.4. The average molecular weight is 683 g/mol. The third-order valence-electron chi connectivity index (χ3n) is 9.78. The van der Waals surface area contributed by atoms with Crippen molar-refractivity contribution in [1.29, 1.82) is 0 Å². The number of hydrogen-bond donors (Lipinski definition) is 0. The topological polar surface area (TPSA) is 91.0 Å². The van der Waals surface area contributed by atoms with Crippen LogP contribution in [0.4, 0.5) is 0 Å². The maximum Gasteiger partial charge on any atom is 0.227 e. The second-order valence-electron chi connectivity index (χ2n) is 13.0. The van der Waals surface area contributed by atoms with Gasteiger partial charge in [0, 0.05) is 43.8 Å². The van der Waals surface area contributed by atoms with Crippen LogP contribution in [0.1, 0.15) is 0 Å². The van der Waals surface area contributed by atoms with Gasteiger partial charge in [-0.2, -0.15) is 0 Å². The standard InChI is InChI=1S/C46H26N4O3/c1-2-11-27(12-3-1)43-48-44(32-16-9-21-39-41(32)31-15-4-6-19-36(31)51-39)50-45(49-43)33-17-10-22-40-42(33)34-26-29(23-24-37(34)52-40)28-13-8-14-30(25-28)46-47-35-18-5-7-20-38(35)53-46/h1-26H. The van der Waals surface area contributed by atoms with Crippen molar-refractivity contribution in [3.05, 3.63) is 158 Å². The van der Waals surface area contributed by atoms with Gasteiger partial charge in [-0.1, -0.05) is 103 Å². The minimum absolute atomic E-state index is 0.551. The number of fused-ring (bicyclic) bond motifs is 7. The zero-order valence-corrected chi connectivity index (χ0v) is 28.0. The lowest BCUT2D eigenvalue weighted by Crippen LogP contribution is -2.00. The summed E-state index contributed by atoms with van der Waals surface area (Å²) < 4.78 is 18.8. The van der Waals surface area contributed by atoms with E-state index in [1.54, 1.807) is 0 Å². The minimum Gasteiger partial charge on any atom is -0.456 e. The molecule has 11 rings (SSSR count). The molecule has 0 aliphatic carbocycles. The summed E-state index contributed by atoms with van der Waals surface area (Å²) in [6, 6.07) is 52.5. The van der Waals surface area contributed by atoms with Crippen molar-refractivity contribution >= 4 is 55.0 Å². The van der Waals surface area contributed by atoms with Gasteiger partial charge in [-0.05, 0) is 65.7 Å². The number of furan rings is 2. The van der Waals surface area contributed by atoms with E-state index in [0.717, 1.165) is 88.4 Å². The molecular weight excluding hydrogens is 657 g/mol. The fourth-order valence-corrected chi connectivity index (χ4v) is 7.31. The van der Waals surface area contributed by atoms with Crippen molar-refractivity contribution in [3.8, 4) is 56.7 Å². The van der Waals surface area contributed by atoms with Crippen molar-refractivity contribution in [1.82, 2.24) is 19.9 Å². The molecule has 53 heavy (non-hydrogen) atoms. The number of benzene rings is 7. The summed E-state index contributed by atoms with van der Waals surface area (Å²) in [6.07, 6.45) is 0. The molecule has 0 saturated heterocycles. The van der Waals surface area contributed by atoms with Gasteiger partial charge < -0.3 is 13.3 Å². The number of nitrogens with zero attached hydrogens (tertiary/aromatic N) is 4. The molecule has 0 saturated carbocycles. The molecule has 0 radical (unpaired) electrons. The number of rotatable bonds is 5. The highest BCUT2D eigenvalue weighted by atomic mass is 16.3. The Kier molecular flexibility index (Phi) is 6.42. The lowest BCUT2D eigenvalue weighted by atomic mass is 9.99. The lowest BCUT2D eigenvalue weighted by Gasteiger charge is -2.10. The van der Waals surface area contributed by atoms with E-state index < -0.39 is 0 Å². The molecule has 248 valence electrons. The van der Waals surface area contributed by atoms with Gasteiger partial charge in [-0.15, -0.1) is 0 Å². The first-order valence-electron chi connectivity index (χ1n) is 17.4. The zero-order chi connectivity index (χ0) is 34.9. The Labute approximate surface area is 301 Å². The van der Waals surface area contributed by atoms with Crippen molar-refractivity contribution in [2.45, 2.75) is 0 Å². The summed E-state index contributed by atoms with van der Waals surface area (Å²) in [5.41, 5.74) is 10.3. The Morgan fingerprint density at radius 1 is 0.321 bits per heavy atom. The molecule has 0 spiro atoms. The van der Waals surface area contributed by atoms with Crippen molar-refractivity contribution in [2.75, 3.05) is 0 Å². The van der Waals surface area contributed by atoms with Crippen LogP contribution in [0.3, 0.4) is 0 Å². The van der Waals surface area contributed by atoms with Gasteiger partial charge in [-0.3, -0.25) is 0 Å². The summed E-state index contributed by atoms with van der Waals surface area (Å²) in [6.45, 7) is 0. The quantitative estimate of drug-likeness (QED) is 0.178. The molecule has 4 aromatic heterocycles. The predicted octanol–water partition coefficient (Wildman–Crippen LogP) is 12.1. The van der Waals surface area contributed by atoms with Crippen LogP contribution >= 0.6 is 0 Å². The highest BCUT2D eigenvalue weighted by Crippen LogP contribution is 2.40. The molecule has 0 fully saturated rings. The summed E-state index contributed by atoms with van der Waals surface area (Å²) in [5.74, 6) is 2.28. The third-order valence-corrected chi connectivity index (χ3v) is 9.78. The molecule has 7 nitrogen and oxygen atoms in total. The van der Waals surface area contributed by atoms with Gasteiger partial charge in [0.25, 0.3) is 0 Å². The molecule has 7 aromatic carbocycles. The molecule has 0 N–H and O–H groups in total. The Morgan fingerprint density at radius 3 is 1.66 bits per heavy atom. The SMILES string of the molecule is c1ccc(-c2nc(-c3cccc4oc5ccccc5c34)nc(-c3cccc4oc5ccc(-c6cccc(-c7nc8ccccc8o7)c6)cc5c34)n2)cc1. The van der Waals surface area contributed by atoms with Gasteiger partial charge in [0.2, 0.25) is 5.89 Å². The predicted molar refractivity (Wildman–Crippen MR) is 209 cm³/mol. The van der Waals surface area contributed by atoms with E-state index in [2.05, 4.69) is 36.4 Å². The highest BCUT2D eigenvalue weighted by molar-refractivity contribution is 6.14. The van der Waals surface area contributed by atoms with Gasteiger partial charge in [0.05, 0.1) is 0 Å². The first kappa shape index (κ1) is 29.4. The van der Waals surface area contributed by atoms with E-state index in [1.165, 1.54) is 0 Å². The van der Waals surface area contributed by atoms with Crippen LogP contribution in [0, 0.1) is 0 Å². The Morgan fingerprint density at radius 2 is 0.887 bits per heavy atom. The van der Waals surface area contributed by atoms with Crippen LogP contribution in [0.5, 0.6) is 0 Å². The molecular formula is C46H26N4O3. The van der Waals surface area contributed by atoms with Gasteiger partial charge in [-0.25, -0.2) is 19.9 Å². The summed E-state index contributed by atoms with van der Waals surface area (Å²) in [4.78, 5) is 20.1. The molecule has 4 heterocycles. The second-order valence-corrected chi connectivity index (χ2v) is 13.0. The summed E-state index contributed by atoms with van der Waals surface area (Å²) in [7, 11) is 0. The molecule has 0 amide bonds. The zero-order valence-electron chi connectivity index (χ0n) is 28.0. The van der Waals surface area contributed by atoms with Crippen LogP contribution < -0.4 is 0 Å². The fourth-order valence-electron chi connectivity index (χ4n) is 7.31. The average Bonchev–Trinajstić information content (AvgIpc) is 3.94. The molecule has 0 bridgehead atoms. The molecule has 11 aromatic rings. The Bertz CT molecular complexity index is 3160.